The Labute approximate surface area is 107 Å². The monoisotopic (exact) mass is 249 g/mol. The van der Waals surface area contributed by atoms with Crippen molar-refractivity contribution in [1.29, 1.82) is 0 Å². The minimum atomic E-state index is -0.629. The van der Waals surface area contributed by atoms with Crippen LogP contribution in [0, 0.1) is 6.92 Å². The summed E-state index contributed by atoms with van der Waals surface area (Å²) in [5.41, 5.74) is 1.72. The van der Waals surface area contributed by atoms with E-state index in [0.29, 0.717) is 17.9 Å². The number of amides is 1. The van der Waals surface area contributed by atoms with Crippen LogP contribution in [-0.4, -0.2) is 24.2 Å². The smallest absolute Gasteiger partial charge is 0.258 e. The molecule has 0 aliphatic carbocycles. The number of aliphatic hydroxyl groups excluding tert-OH is 1. The van der Waals surface area contributed by atoms with Crippen molar-refractivity contribution in [3.8, 4) is 5.75 Å². The van der Waals surface area contributed by atoms with Gasteiger partial charge in [0.05, 0.1) is 6.10 Å². The first-order valence-corrected chi connectivity index (χ1v) is 5.83. The molecule has 2 N–H and O–H groups in total. The normalized spacial score (nSPS) is 11.7. The highest BCUT2D eigenvalue weighted by Gasteiger charge is 2.10. The van der Waals surface area contributed by atoms with E-state index in [1.165, 1.54) is 0 Å². The number of nitrogens with one attached hydrogen (secondary N) is 1. The van der Waals surface area contributed by atoms with Crippen LogP contribution in [0.5, 0.6) is 5.75 Å². The van der Waals surface area contributed by atoms with Crippen LogP contribution in [0.4, 0.5) is 0 Å². The van der Waals surface area contributed by atoms with Gasteiger partial charge in [0.1, 0.15) is 5.75 Å². The Hall–Kier alpha value is -1.81. The second-order valence-corrected chi connectivity index (χ2v) is 4.10. The Morgan fingerprint density at radius 2 is 2.33 bits per heavy atom. The SMILES string of the molecule is C=CCNC(=O)COc1ccc(C)cc1[C@H](C)O. The summed E-state index contributed by atoms with van der Waals surface area (Å²) in [6.07, 6.45) is 0.974. The largest absolute Gasteiger partial charge is 0.483 e. The van der Waals surface area contributed by atoms with E-state index in [0.717, 1.165) is 5.56 Å². The van der Waals surface area contributed by atoms with Gasteiger partial charge in [-0.2, -0.15) is 0 Å². The van der Waals surface area contributed by atoms with Gasteiger partial charge in [0.2, 0.25) is 0 Å². The second-order valence-electron chi connectivity index (χ2n) is 4.10. The predicted molar refractivity (Wildman–Crippen MR) is 70.5 cm³/mol. The van der Waals surface area contributed by atoms with Crippen molar-refractivity contribution in [2.45, 2.75) is 20.0 Å². The number of hydrogen-bond acceptors (Lipinski definition) is 3. The quantitative estimate of drug-likeness (QED) is 0.755. The number of aliphatic hydroxyl groups is 1. The van der Waals surface area contributed by atoms with Crippen LogP contribution in [0.25, 0.3) is 0 Å². The van der Waals surface area contributed by atoms with Gasteiger partial charge in [-0.05, 0) is 26.0 Å². The van der Waals surface area contributed by atoms with E-state index in [1.807, 2.05) is 19.1 Å². The topological polar surface area (TPSA) is 58.6 Å². The lowest BCUT2D eigenvalue weighted by Crippen LogP contribution is -2.29. The zero-order valence-corrected chi connectivity index (χ0v) is 10.8. The molecular formula is C14H19NO3. The third kappa shape index (κ3) is 4.22. The van der Waals surface area contributed by atoms with Crippen LogP contribution in [0.2, 0.25) is 0 Å². The number of aryl methyl sites for hydroxylation is 1. The Bertz CT molecular complexity index is 427. The van der Waals surface area contributed by atoms with Crippen LogP contribution in [0.3, 0.4) is 0 Å². The second kappa shape index (κ2) is 6.81. The molecule has 1 atom stereocenters. The molecule has 0 aromatic heterocycles. The maximum Gasteiger partial charge on any atom is 0.258 e. The molecule has 0 fully saturated rings. The number of hydrogen-bond donors (Lipinski definition) is 2. The van der Waals surface area contributed by atoms with Gasteiger partial charge in [-0.15, -0.1) is 6.58 Å². The molecule has 1 aromatic rings. The number of rotatable bonds is 6. The molecule has 0 radical (unpaired) electrons. The summed E-state index contributed by atoms with van der Waals surface area (Å²) in [4.78, 5) is 11.4. The summed E-state index contributed by atoms with van der Waals surface area (Å²) in [7, 11) is 0. The summed E-state index contributed by atoms with van der Waals surface area (Å²) < 4.78 is 5.41. The fraction of sp³-hybridized carbons (Fsp3) is 0.357. The molecule has 0 bridgehead atoms. The molecule has 0 spiro atoms. The molecule has 1 aromatic carbocycles. The lowest BCUT2D eigenvalue weighted by atomic mass is 10.1. The van der Waals surface area contributed by atoms with Crippen molar-refractivity contribution in [3.63, 3.8) is 0 Å². The summed E-state index contributed by atoms with van der Waals surface area (Å²) >= 11 is 0. The Morgan fingerprint density at radius 1 is 1.61 bits per heavy atom. The average molecular weight is 249 g/mol. The molecular weight excluding hydrogens is 230 g/mol. The van der Waals surface area contributed by atoms with Gasteiger partial charge in [-0.25, -0.2) is 0 Å². The minimum Gasteiger partial charge on any atom is -0.483 e. The first-order valence-electron chi connectivity index (χ1n) is 5.83. The molecule has 18 heavy (non-hydrogen) atoms. The first kappa shape index (κ1) is 14.3. The van der Waals surface area contributed by atoms with Crippen LogP contribution in [-0.2, 0) is 4.79 Å². The minimum absolute atomic E-state index is 0.0728. The maximum atomic E-state index is 11.4. The van der Waals surface area contributed by atoms with Gasteiger partial charge in [0, 0.05) is 12.1 Å². The van der Waals surface area contributed by atoms with Crippen molar-refractivity contribution in [2.24, 2.45) is 0 Å². The van der Waals surface area contributed by atoms with Crippen molar-refractivity contribution >= 4 is 5.91 Å². The number of benzene rings is 1. The van der Waals surface area contributed by atoms with Gasteiger partial charge in [-0.1, -0.05) is 17.7 Å². The molecule has 0 heterocycles. The third-order valence-electron chi connectivity index (χ3n) is 2.42. The molecule has 0 aliphatic rings. The van der Waals surface area contributed by atoms with Crippen molar-refractivity contribution in [2.75, 3.05) is 13.2 Å². The highest BCUT2D eigenvalue weighted by molar-refractivity contribution is 5.77. The average Bonchev–Trinajstić information content (AvgIpc) is 2.34. The summed E-state index contributed by atoms with van der Waals surface area (Å²) in [6, 6.07) is 5.49. The molecule has 0 saturated heterocycles. The van der Waals surface area contributed by atoms with E-state index in [1.54, 1.807) is 19.1 Å². The Balaban J connectivity index is 2.66. The standard InChI is InChI=1S/C14H19NO3/c1-4-7-15-14(17)9-18-13-6-5-10(2)8-12(13)11(3)16/h4-6,8,11,16H,1,7,9H2,2-3H3,(H,15,17)/t11-/m0/s1. The lowest BCUT2D eigenvalue weighted by molar-refractivity contribution is -0.122. The van der Waals surface area contributed by atoms with Crippen LogP contribution >= 0.6 is 0 Å². The molecule has 4 nitrogen and oxygen atoms in total. The molecule has 0 unspecified atom stereocenters. The molecule has 1 amide bonds. The molecule has 0 aliphatic heterocycles. The van der Waals surface area contributed by atoms with Gasteiger partial charge >= 0.3 is 0 Å². The van der Waals surface area contributed by atoms with Gasteiger partial charge in [0.15, 0.2) is 6.61 Å². The predicted octanol–water partition coefficient (Wildman–Crippen LogP) is 1.73. The van der Waals surface area contributed by atoms with E-state index < -0.39 is 6.10 Å². The Kier molecular flexibility index (Phi) is 5.39. The summed E-state index contributed by atoms with van der Waals surface area (Å²) in [5, 5.41) is 12.3. The van der Waals surface area contributed by atoms with Crippen LogP contribution < -0.4 is 10.1 Å². The molecule has 1 rings (SSSR count). The zero-order chi connectivity index (χ0) is 13.5. The van der Waals surface area contributed by atoms with Crippen molar-refractivity contribution in [1.82, 2.24) is 5.32 Å². The van der Waals surface area contributed by atoms with Crippen LogP contribution in [0.1, 0.15) is 24.2 Å². The number of ether oxygens (including phenoxy) is 1. The molecule has 0 saturated carbocycles. The van der Waals surface area contributed by atoms with E-state index in [4.69, 9.17) is 4.74 Å². The highest BCUT2D eigenvalue weighted by atomic mass is 16.5. The van der Waals surface area contributed by atoms with E-state index in [9.17, 15) is 9.90 Å². The maximum absolute atomic E-state index is 11.4. The van der Waals surface area contributed by atoms with Gasteiger partial charge < -0.3 is 15.2 Å². The van der Waals surface area contributed by atoms with Crippen LogP contribution in [0.15, 0.2) is 30.9 Å². The van der Waals surface area contributed by atoms with Gasteiger partial charge in [0.25, 0.3) is 5.91 Å². The fourth-order valence-corrected chi connectivity index (χ4v) is 1.51. The van der Waals surface area contributed by atoms with Crippen molar-refractivity contribution in [3.05, 3.63) is 42.0 Å². The highest BCUT2D eigenvalue weighted by Crippen LogP contribution is 2.26. The number of carbonyl (C=O) groups excluding carboxylic acids is 1. The van der Waals surface area contributed by atoms with Crippen molar-refractivity contribution < 1.29 is 14.6 Å². The number of carbonyl (C=O) groups is 1. The Morgan fingerprint density at radius 3 is 2.94 bits per heavy atom. The van der Waals surface area contributed by atoms with E-state index in [-0.39, 0.29) is 12.5 Å². The first-order chi connectivity index (χ1) is 8.54. The summed E-state index contributed by atoms with van der Waals surface area (Å²) in [5.74, 6) is 0.316. The molecule has 98 valence electrons. The lowest BCUT2D eigenvalue weighted by Gasteiger charge is -2.14. The van der Waals surface area contributed by atoms with E-state index in [2.05, 4.69) is 11.9 Å². The fourth-order valence-electron chi connectivity index (χ4n) is 1.51. The zero-order valence-electron chi connectivity index (χ0n) is 10.8. The summed E-state index contributed by atoms with van der Waals surface area (Å²) in [6.45, 7) is 7.46. The van der Waals surface area contributed by atoms with Gasteiger partial charge in [-0.3, -0.25) is 4.79 Å². The molecule has 4 heteroatoms. The van der Waals surface area contributed by atoms with E-state index >= 15 is 0 Å². The third-order valence-corrected chi connectivity index (χ3v) is 2.42.